The number of halogens is 1. The Morgan fingerprint density at radius 1 is 1.12 bits per heavy atom. The van der Waals surface area contributed by atoms with Crippen molar-refractivity contribution in [2.24, 2.45) is 4.99 Å². The zero-order valence-corrected chi connectivity index (χ0v) is 16.3. The molecule has 4 aliphatic rings. The minimum Gasteiger partial charge on any atom is -0.364 e. The van der Waals surface area contributed by atoms with E-state index in [9.17, 15) is 0 Å². The molecule has 128 valence electrons. The van der Waals surface area contributed by atoms with Gasteiger partial charge in [-0.3, -0.25) is 0 Å². The van der Waals surface area contributed by atoms with Gasteiger partial charge in [-0.15, -0.1) is 0 Å². The quantitative estimate of drug-likeness (QED) is 0.672. The topological polar surface area (TPSA) is 18.8 Å². The minimum atomic E-state index is 0.0535. The summed E-state index contributed by atoms with van der Waals surface area (Å²) in [6.07, 6.45) is 7.77. The first-order valence-electron chi connectivity index (χ1n) is 9.02. The molecule has 0 unspecified atom stereocenters. The van der Waals surface area contributed by atoms with Gasteiger partial charge in [-0.2, -0.15) is 0 Å². The average molecular weight is 396 g/mol. The van der Waals surface area contributed by atoms with Crippen LogP contribution < -0.4 is 10.6 Å². The third-order valence-electron chi connectivity index (χ3n) is 6.30. The highest BCUT2D eigenvalue weighted by Crippen LogP contribution is 2.50. The minimum absolute atomic E-state index is 0.0535. The smallest absolute Gasteiger partial charge is 0.0755 e. The van der Waals surface area contributed by atoms with E-state index in [1.54, 1.807) is 0 Å². The van der Waals surface area contributed by atoms with Gasteiger partial charge in [-0.25, -0.2) is 4.99 Å². The molecule has 0 atom stereocenters. The molecule has 4 heteroatoms. The molecule has 0 bridgehead atoms. The predicted octanol–water partition coefficient (Wildman–Crippen LogP) is 2.70. The van der Waals surface area contributed by atoms with E-state index in [4.69, 9.17) is 4.99 Å². The van der Waals surface area contributed by atoms with E-state index >= 15 is 0 Å². The largest absolute Gasteiger partial charge is 0.364 e. The van der Waals surface area contributed by atoms with Gasteiger partial charge < -0.3 is 9.80 Å². The number of benzene rings is 1. The van der Waals surface area contributed by atoms with Gasteiger partial charge >= 0.3 is 0 Å². The van der Waals surface area contributed by atoms with Crippen molar-refractivity contribution in [2.75, 3.05) is 27.2 Å². The summed E-state index contributed by atoms with van der Waals surface area (Å²) in [5.41, 5.74) is 5.48. The van der Waals surface area contributed by atoms with Crippen LogP contribution >= 0.6 is 15.9 Å². The second kappa shape index (κ2) is 5.42. The summed E-state index contributed by atoms with van der Waals surface area (Å²) < 4.78 is 1.18. The molecule has 0 saturated carbocycles. The van der Waals surface area contributed by atoms with Crippen molar-refractivity contribution < 1.29 is 0 Å². The maximum atomic E-state index is 5.10. The summed E-state index contributed by atoms with van der Waals surface area (Å²) in [4.78, 5) is 10.1. The van der Waals surface area contributed by atoms with E-state index < -0.39 is 0 Å². The van der Waals surface area contributed by atoms with Gasteiger partial charge in [-0.05, 0) is 38.5 Å². The lowest BCUT2D eigenvalue weighted by Gasteiger charge is -2.53. The van der Waals surface area contributed by atoms with E-state index in [2.05, 4.69) is 76.2 Å². The molecule has 0 aromatic heterocycles. The van der Waals surface area contributed by atoms with Crippen molar-refractivity contribution >= 4 is 21.5 Å². The lowest BCUT2D eigenvalue weighted by Crippen LogP contribution is -2.57. The van der Waals surface area contributed by atoms with Crippen LogP contribution in [-0.4, -0.2) is 42.5 Å². The van der Waals surface area contributed by atoms with Crippen molar-refractivity contribution in [2.45, 2.75) is 24.8 Å². The van der Waals surface area contributed by atoms with Gasteiger partial charge in [-0.1, -0.05) is 40.2 Å². The first-order chi connectivity index (χ1) is 12.1. The normalized spacial score (nSPS) is 24.4. The molecule has 25 heavy (non-hydrogen) atoms. The number of piperidine rings is 1. The number of hydrogen-bond acceptors (Lipinski definition) is 3. The molecule has 5 rings (SSSR count). The van der Waals surface area contributed by atoms with Gasteiger partial charge in [0.05, 0.1) is 16.6 Å². The molecule has 0 N–H and O–H groups in total. The lowest BCUT2D eigenvalue weighted by molar-refractivity contribution is 0.117. The number of nitrogens with zero attached hydrogens (tertiary/aromatic N) is 3. The molecule has 1 fully saturated rings. The fraction of sp³-hybridized carbons (Fsp3) is 0.381. The third-order valence-corrected chi connectivity index (χ3v) is 6.85. The monoisotopic (exact) mass is 395 g/mol. The Kier molecular flexibility index (Phi) is 3.38. The first-order valence-corrected chi connectivity index (χ1v) is 9.82. The summed E-state index contributed by atoms with van der Waals surface area (Å²) in [5, 5.41) is 2.48. The predicted molar refractivity (Wildman–Crippen MR) is 105 cm³/mol. The van der Waals surface area contributed by atoms with Crippen LogP contribution in [0.3, 0.4) is 0 Å². The summed E-state index contributed by atoms with van der Waals surface area (Å²) in [6, 6.07) is 8.68. The van der Waals surface area contributed by atoms with Crippen LogP contribution in [0.4, 0.5) is 0 Å². The fourth-order valence-corrected chi connectivity index (χ4v) is 5.22. The van der Waals surface area contributed by atoms with Crippen LogP contribution in [0.5, 0.6) is 0 Å². The van der Waals surface area contributed by atoms with Gasteiger partial charge in [0, 0.05) is 46.7 Å². The molecule has 0 radical (unpaired) electrons. The zero-order chi connectivity index (χ0) is 17.2. The van der Waals surface area contributed by atoms with E-state index in [1.807, 2.05) is 0 Å². The summed E-state index contributed by atoms with van der Waals surface area (Å²) in [5.74, 6) is 0. The summed E-state index contributed by atoms with van der Waals surface area (Å²) in [6.45, 7) is 2.26. The number of fused-ring (bicyclic) bond motifs is 4. The zero-order valence-electron chi connectivity index (χ0n) is 14.7. The third kappa shape index (κ3) is 2.10. The second-order valence-corrected chi connectivity index (χ2v) is 8.46. The molecule has 1 saturated heterocycles. The Hall–Kier alpha value is -1.65. The van der Waals surface area contributed by atoms with E-state index in [0.717, 1.165) is 37.7 Å². The standard InChI is InChI=1S/C21H22BrN3/c1-24-11-9-21(10-12-24)19-15-5-3-4-6-17(15)23-20(19)16-8-7-14(22)13-18(16)25(21)2/h3-7,13H,8-12H2,1-2H3. The van der Waals surface area contributed by atoms with Gasteiger partial charge in [0.15, 0.2) is 0 Å². The van der Waals surface area contributed by atoms with Gasteiger partial charge in [0.1, 0.15) is 0 Å². The molecule has 3 nitrogen and oxygen atoms in total. The SMILES string of the molecule is CN1CCC2(CC1)C1=c3ccccc3=NC1=C1CC=C(Br)C=C1N2C. The number of likely N-dealkylation sites (tertiary alicyclic amines) is 1. The molecule has 3 heterocycles. The van der Waals surface area contributed by atoms with E-state index in [0.29, 0.717) is 0 Å². The fourth-order valence-electron chi connectivity index (χ4n) is 4.85. The second-order valence-electron chi connectivity index (χ2n) is 7.55. The Bertz CT molecular complexity index is 975. The van der Waals surface area contributed by atoms with Crippen LogP contribution in [-0.2, 0) is 0 Å². The van der Waals surface area contributed by atoms with Crippen LogP contribution in [0.15, 0.2) is 62.9 Å². The lowest BCUT2D eigenvalue weighted by atomic mass is 9.72. The van der Waals surface area contributed by atoms with E-state index in [-0.39, 0.29) is 5.54 Å². The maximum Gasteiger partial charge on any atom is 0.0755 e. The van der Waals surface area contributed by atoms with Crippen molar-refractivity contribution in [1.29, 1.82) is 0 Å². The van der Waals surface area contributed by atoms with Crippen LogP contribution in [0.1, 0.15) is 19.3 Å². The van der Waals surface area contributed by atoms with Crippen LogP contribution in [0.2, 0.25) is 0 Å². The molecule has 3 aliphatic heterocycles. The summed E-state index contributed by atoms with van der Waals surface area (Å²) >= 11 is 3.69. The van der Waals surface area contributed by atoms with Crippen molar-refractivity contribution in [3.05, 3.63) is 68.4 Å². The molecular weight excluding hydrogens is 374 g/mol. The molecular formula is C21H22BrN3. The van der Waals surface area contributed by atoms with Crippen molar-refractivity contribution in [3.63, 3.8) is 0 Å². The highest BCUT2D eigenvalue weighted by atomic mass is 79.9. The maximum absolute atomic E-state index is 5.10. The van der Waals surface area contributed by atoms with E-state index in [1.165, 1.54) is 32.2 Å². The van der Waals surface area contributed by atoms with Crippen molar-refractivity contribution in [3.8, 4) is 0 Å². The molecule has 1 spiro atoms. The Morgan fingerprint density at radius 2 is 1.88 bits per heavy atom. The first kappa shape index (κ1) is 15.6. The number of rotatable bonds is 0. The van der Waals surface area contributed by atoms with Gasteiger partial charge in [0.25, 0.3) is 0 Å². The summed E-state index contributed by atoms with van der Waals surface area (Å²) in [7, 11) is 4.52. The number of hydrogen-bond donors (Lipinski definition) is 0. The Balaban J connectivity index is 1.84. The van der Waals surface area contributed by atoms with Gasteiger partial charge in [0.2, 0.25) is 0 Å². The molecule has 1 aliphatic carbocycles. The highest BCUT2D eigenvalue weighted by Gasteiger charge is 2.48. The number of likely N-dealkylation sites (N-methyl/N-ethyl adjacent to an activating group) is 1. The number of allylic oxidation sites excluding steroid dienone is 4. The molecule has 0 amide bonds. The highest BCUT2D eigenvalue weighted by molar-refractivity contribution is 9.11. The molecule has 1 aromatic carbocycles. The Morgan fingerprint density at radius 3 is 2.68 bits per heavy atom. The van der Waals surface area contributed by atoms with Crippen LogP contribution in [0, 0.1) is 0 Å². The average Bonchev–Trinajstić information content (AvgIpc) is 3.02. The van der Waals surface area contributed by atoms with Crippen molar-refractivity contribution in [1.82, 2.24) is 9.80 Å². The molecule has 1 aromatic rings. The number of para-hydroxylation sites is 1. The Labute approximate surface area is 156 Å². The van der Waals surface area contributed by atoms with Crippen LogP contribution in [0.25, 0.3) is 5.57 Å².